The van der Waals surface area contributed by atoms with Crippen LogP contribution in [0.3, 0.4) is 0 Å². The SMILES string of the molecule is COC(C)CNS(=O)(=O)c1ccc(S(N)(=O)=O)cc1. The van der Waals surface area contributed by atoms with Crippen LogP contribution in [0.5, 0.6) is 0 Å². The Morgan fingerprint density at radius 3 is 2.05 bits per heavy atom. The first-order valence-electron chi connectivity index (χ1n) is 5.32. The van der Waals surface area contributed by atoms with Gasteiger partial charge in [-0.15, -0.1) is 0 Å². The summed E-state index contributed by atoms with van der Waals surface area (Å²) in [5.41, 5.74) is 0. The van der Waals surface area contributed by atoms with Crippen LogP contribution in [-0.2, 0) is 24.8 Å². The molecule has 1 rings (SSSR count). The first-order chi connectivity index (χ1) is 8.66. The lowest BCUT2D eigenvalue weighted by atomic mass is 10.4. The number of sulfonamides is 2. The van der Waals surface area contributed by atoms with Crippen molar-refractivity contribution in [1.82, 2.24) is 4.72 Å². The maximum atomic E-state index is 11.9. The number of nitrogens with one attached hydrogen (secondary N) is 1. The highest BCUT2D eigenvalue weighted by Gasteiger charge is 2.16. The highest BCUT2D eigenvalue weighted by Crippen LogP contribution is 2.13. The molecule has 9 heteroatoms. The maximum absolute atomic E-state index is 11.9. The van der Waals surface area contributed by atoms with Crippen LogP contribution < -0.4 is 9.86 Å². The molecule has 1 aromatic carbocycles. The van der Waals surface area contributed by atoms with E-state index in [4.69, 9.17) is 9.88 Å². The topological polar surface area (TPSA) is 116 Å². The molecule has 1 aromatic rings. The molecule has 0 saturated carbocycles. The van der Waals surface area contributed by atoms with Crippen molar-refractivity contribution >= 4 is 20.0 Å². The molecule has 0 fully saturated rings. The molecule has 0 aliphatic carbocycles. The number of hydrogen-bond acceptors (Lipinski definition) is 5. The summed E-state index contributed by atoms with van der Waals surface area (Å²) in [6.07, 6.45) is -0.265. The number of hydrogen-bond donors (Lipinski definition) is 2. The molecule has 0 aliphatic heterocycles. The summed E-state index contributed by atoms with van der Waals surface area (Å²) in [7, 11) is -6.05. The highest BCUT2D eigenvalue weighted by molar-refractivity contribution is 7.89. The van der Waals surface area contributed by atoms with Gasteiger partial charge in [0.05, 0.1) is 15.9 Å². The van der Waals surface area contributed by atoms with Crippen LogP contribution in [-0.4, -0.2) is 36.6 Å². The second-order valence-corrected chi connectivity index (χ2v) is 7.24. The van der Waals surface area contributed by atoms with Crippen LogP contribution in [0.15, 0.2) is 34.1 Å². The zero-order valence-corrected chi connectivity index (χ0v) is 12.2. The largest absolute Gasteiger partial charge is 0.380 e. The molecule has 1 unspecified atom stereocenters. The molecule has 0 amide bonds. The van der Waals surface area contributed by atoms with E-state index in [1.165, 1.54) is 19.2 Å². The van der Waals surface area contributed by atoms with E-state index in [-0.39, 0.29) is 22.4 Å². The van der Waals surface area contributed by atoms with E-state index in [9.17, 15) is 16.8 Å². The van der Waals surface area contributed by atoms with Crippen molar-refractivity contribution in [3.05, 3.63) is 24.3 Å². The Balaban J connectivity index is 2.91. The Kier molecular flexibility index (Phi) is 5.04. The Bertz CT molecular complexity index is 622. The fraction of sp³-hybridized carbons (Fsp3) is 0.400. The second-order valence-electron chi connectivity index (χ2n) is 3.91. The lowest BCUT2D eigenvalue weighted by Crippen LogP contribution is -2.31. The molecule has 0 spiro atoms. The van der Waals surface area contributed by atoms with Gasteiger partial charge in [-0.05, 0) is 31.2 Å². The number of benzene rings is 1. The lowest BCUT2D eigenvalue weighted by Gasteiger charge is -2.11. The number of primary sulfonamides is 1. The zero-order chi connectivity index (χ0) is 14.7. The van der Waals surface area contributed by atoms with Gasteiger partial charge in [0, 0.05) is 13.7 Å². The van der Waals surface area contributed by atoms with Gasteiger partial charge in [0.15, 0.2) is 0 Å². The van der Waals surface area contributed by atoms with E-state index in [1.54, 1.807) is 6.92 Å². The highest BCUT2D eigenvalue weighted by atomic mass is 32.2. The van der Waals surface area contributed by atoms with Gasteiger partial charge in [0.2, 0.25) is 20.0 Å². The van der Waals surface area contributed by atoms with Crippen LogP contribution in [0.4, 0.5) is 0 Å². The van der Waals surface area contributed by atoms with Gasteiger partial charge in [-0.1, -0.05) is 0 Å². The fourth-order valence-corrected chi connectivity index (χ4v) is 2.83. The number of rotatable bonds is 6. The van der Waals surface area contributed by atoms with Crippen LogP contribution in [0.2, 0.25) is 0 Å². The Morgan fingerprint density at radius 2 is 1.63 bits per heavy atom. The van der Waals surface area contributed by atoms with E-state index in [1.807, 2.05) is 0 Å². The van der Waals surface area contributed by atoms with Crippen LogP contribution in [0.25, 0.3) is 0 Å². The molecule has 0 aliphatic rings. The van der Waals surface area contributed by atoms with Gasteiger partial charge in [0.25, 0.3) is 0 Å². The summed E-state index contributed by atoms with van der Waals surface area (Å²) >= 11 is 0. The summed E-state index contributed by atoms with van der Waals surface area (Å²) in [6.45, 7) is 1.84. The van der Waals surface area contributed by atoms with Crippen molar-refractivity contribution < 1.29 is 21.6 Å². The number of methoxy groups -OCH3 is 1. The molecule has 108 valence electrons. The lowest BCUT2D eigenvalue weighted by molar-refractivity contribution is 0.122. The molecule has 0 saturated heterocycles. The van der Waals surface area contributed by atoms with Gasteiger partial charge < -0.3 is 4.74 Å². The van der Waals surface area contributed by atoms with Crippen molar-refractivity contribution in [3.8, 4) is 0 Å². The number of ether oxygens (including phenoxy) is 1. The van der Waals surface area contributed by atoms with Gasteiger partial charge in [-0.25, -0.2) is 26.7 Å². The first-order valence-corrected chi connectivity index (χ1v) is 8.35. The van der Waals surface area contributed by atoms with Crippen molar-refractivity contribution in [1.29, 1.82) is 0 Å². The third kappa shape index (κ3) is 4.55. The third-order valence-electron chi connectivity index (χ3n) is 2.43. The fourth-order valence-electron chi connectivity index (χ4n) is 1.20. The maximum Gasteiger partial charge on any atom is 0.240 e. The zero-order valence-electron chi connectivity index (χ0n) is 10.5. The van der Waals surface area contributed by atoms with E-state index in [0.29, 0.717) is 0 Å². The monoisotopic (exact) mass is 308 g/mol. The number of nitrogens with two attached hydrogens (primary N) is 1. The minimum absolute atomic E-state index is 0.0387. The first kappa shape index (κ1) is 16.1. The smallest absolute Gasteiger partial charge is 0.240 e. The molecule has 0 heterocycles. The van der Waals surface area contributed by atoms with Gasteiger partial charge in [0.1, 0.15) is 0 Å². The minimum atomic E-state index is -3.83. The predicted octanol–water partition coefficient (Wildman–Crippen LogP) is -0.353. The van der Waals surface area contributed by atoms with Gasteiger partial charge in [-0.2, -0.15) is 0 Å². The van der Waals surface area contributed by atoms with E-state index in [2.05, 4.69) is 4.72 Å². The van der Waals surface area contributed by atoms with Crippen molar-refractivity contribution in [2.75, 3.05) is 13.7 Å². The van der Waals surface area contributed by atoms with Crippen LogP contribution in [0, 0.1) is 0 Å². The average molecular weight is 308 g/mol. The second kappa shape index (κ2) is 5.97. The third-order valence-corrected chi connectivity index (χ3v) is 4.79. The molecule has 1 atom stereocenters. The van der Waals surface area contributed by atoms with Gasteiger partial charge in [-0.3, -0.25) is 0 Å². The Morgan fingerprint density at radius 1 is 1.16 bits per heavy atom. The molecule has 0 aromatic heterocycles. The van der Waals surface area contributed by atoms with E-state index < -0.39 is 20.0 Å². The summed E-state index contributed by atoms with van der Waals surface area (Å²) < 4.78 is 53.1. The normalized spacial score (nSPS) is 14.3. The molecule has 0 bridgehead atoms. The average Bonchev–Trinajstić information content (AvgIpc) is 2.35. The Hall–Kier alpha value is -1.00. The summed E-state index contributed by atoms with van der Waals surface area (Å²) in [6, 6.07) is 4.65. The quantitative estimate of drug-likeness (QED) is 0.745. The van der Waals surface area contributed by atoms with Crippen molar-refractivity contribution in [2.45, 2.75) is 22.8 Å². The van der Waals surface area contributed by atoms with Crippen LogP contribution in [0.1, 0.15) is 6.92 Å². The van der Waals surface area contributed by atoms with E-state index >= 15 is 0 Å². The predicted molar refractivity (Wildman–Crippen MR) is 69.5 cm³/mol. The minimum Gasteiger partial charge on any atom is -0.380 e. The van der Waals surface area contributed by atoms with E-state index in [0.717, 1.165) is 12.1 Å². The summed E-state index contributed by atoms with van der Waals surface area (Å²) in [5, 5.41) is 4.92. The molecular formula is C10H16N2O5S2. The van der Waals surface area contributed by atoms with Gasteiger partial charge >= 0.3 is 0 Å². The van der Waals surface area contributed by atoms with Crippen LogP contribution >= 0.6 is 0 Å². The summed E-state index contributed by atoms with van der Waals surface area (Å²) in [4.78, 5) is -0.181. The molecular weight excluding hydrogens is 292 g/mol. The summed E-state index contributed by atoms with van der Waals surface area (Å²) in [5.74, 6) is 0. The molecule has 7 nitrogen and oxygen atoms in total. The Labute approximate surface area is 112 Å². The van der Waals surface area contributed by atoms with Crippen molar-refractivity contribution in [2.24, 2.45) is 5.14 Å². The molecule has 0 radical (unpaired) electrons. The van der Waals surface area contributed by atoms with Crippen molar-refractivity contribution in [3.63, 3.8) is 0 Å². The molecule has 3 N–H and O–H groups in total. The molecule has 19 heavy (non-hydrogen) atoms. The standard InChI is InChI=1S/C10H16N2O5S2/c1-8(17-2)7-12-19(15,16)10-5-3-9(4-6-10)18(11,13)14/h3-6,8,12H,7H2,1-2H3,(H2,11,13,14).